The molecule has 9 nitrogen and oxygen atoms in total. The van der Waals surface area contributed by atoms with Gasteiger partial charge in [0.1, 0.15) is 0 Å². The van der Waals surface area contributed by atoms with Gasteiger partial charge >= 0.3 is 11.8 Å². The Hall–Kier alpha value is -2.42. The first-order valence-corrected chi connectivity index (χ1v) is 11.0. The summed E-state index contributed by atoms with van der Waals surface area (Å²) in [7, 11) is 0. The Kier molecular flexibility index (Phi) is 7.47. The van der Waals surface area contributed by atoms with Crippen molar-refractivity contribution in [3.8, 4) is 0 Å². The van der Waals surface area contributed by atoms with Gasteiger partial charge in [-0.1, -0.05) is 20.8 Å². The zero-order valence-electron chi connectivity index (χ0n) is 18.3. The Morgan fingerprint density at radius 1 is 1.20 bits per heavy atom. The van der Waals surface area contributed by atoms with Crippen molar-refractivity contribution in [3.63, 3.8) is 0 Å². The highest BCUT2D eigenvalue weighted by Gasteiger charge is 2.27. The van der Waals surface area contributed by atoms with Crippen molar-refractivity contribution < 1.29 is 9.72 Å². The number of aromatic nitrogens is 1. The summed E-state index contributed by atoms with van der Waals surface area (Å²) in [5.41, 5.74) is 0.847. The average molecular weight is 419 g/mol. The lowest BCUT2D eigenvalue weighted by atomic mass is 9.94. The number of amides is 2. The van der Waals surface area contributed by atoms with Crippen molar-refractivity contribution in [3.05, 3.63) is 28.4 Å². The number of nitrogens with zero attached hydrogens (tertiary/aromatic N) is 5. The van der Waals surface area contributed by atoms with Crippen LogP contribution in [0.4, 0.5) is 16.3 Å². The summed E-state index contributed by atoms with van der Waals surface area (Å²) in [4.78, 5) is 33.3. The minimum absolute atomic E-state index is 0.00694. The van der Waals surface area contributed by atoms with E-state index in [0.29, 0.717) is 44.7 Å². The molecular weight excluding hydrogens is 384 g/mol. The van der Waals surface area contributed by atoms with E-state index in [0.717, 1.165) is 24.7 Å². The van der Waals surface area contributed by atoms with Crippen molar-refractivity contribution in [1.82, 2.24) is 20.1 Å². The van der Waals surface area contributed by atoms with Crippen molar-refractivity contribution in [2.75, 3.05) is 50.7 Å². The van der Waals surface area contributed by atoms with Gasteiger partial charge < -0.3 is 25.2 Å². The third kappa shape index (κ3) is 5.59. The number of nitro groups is 1. The van der Waals surface area contributed by atoms with Crippen LogP contribution in [0.5, 0.6) is 0 Å². The van der Waals surface area contributed by atoms with Crippen molar-refractivity contribution in [1.29, 1.82) is 0 Å². The standard InChI is InChI=1S/C21H34N6O3/c1-16(2)19(25-8-6-17(3)7-9-25)15-23-21(28)26-12-10-24(11-13-26)18-4-5-20(22-14-18)27(29)30/h4-5,14,16-17,19H,6-13,15H2,1-3H3,(H,23,28)/t19-/m1/s1. The molecule has 1 aromatic heterocycles. The predicted octanol–water partition coefficient (Wildman–Crippen LogP) is 2.58. The summed E-state index contributed by atoms with van der Waals surface area (Å²) >= 11 is 0. The number of likely N-dealkylation sites (tertiary alicyclic amines) is 1. The van der Waals surface area contributed by atoms with Crippen LogP contribution in [0, 0.1) is 22.0 Å². The van der Waals surface area contributed by atoms with Gasteiger partial charge in [-0.2, -0.15) is 0 Å². The van der Waals surface area contributed by atoms with Crippen LogP contribution in [0.3, 0.4) is 0 Å². The maximum Gasteiger partial charge on any atom is 0.363 e. The molecule has 0 radical (unpaired) electrons. The van der Waals surface area contributed by atoms with Gasteiger partial charge in [-0.05, 0) is 53.7 Å². The molecule has 30 heavy (non-hydrogen) atoms. The molecule has 0 saturated carbocycles. The minimum Gasteiger partial charge on any atom is -0.365 e. The lowest BCUT2D eigenvalue weighted by Crippen LogP contribution is -2.55. The number of hydrogen-bond donors (Lipinski definition) is 1. The van der Waals surface area contributed by atoms with Gasteiger partial charge in [-0.3, -0.25) is 4.90 Å². The monoisotopic (exact) mass is 418 g/mol. The first-order valence-electron chi connectivity index (χ1n) is 11.0. The number of rotatable bonds is 6. The summed E-state index contributed by atoms with van der Waals surface area (Å²) in [6.45, 7) is 12.3. The second-order valence-corrected chi connectivity index (χ2v) is 8.82. The molecule has 0 aliphatic carbocycles. The Balaban J connectivity index is 1.47. The number of anilines is 1. The van der Waals surface area contributed by atoms with Crippen LogP contribution in [-0.2, 0) is 0 Å². The number of nitrogens with one attached hydrogen (secondary N) is 1. The van der Waals surface area contributed by atoms with Crippen molar-refractivity contribution >= 4 is 17.5 Å². The molecule has 2 aliphatic rings. The second-order valence-electron chi connectivity index (χ2n) is 8.82. The van der Waals surface area contributed by atoms with E-state index in [1.807, 2.05) is 4.90 Å². The fourth-order valence-corrected chi connectivity index (χ4v) is 4.29. The van der Waals surface area contributed by atoms with E-state index in [-0.39, 0.29) is 11.8 Å². The lowest BCUT2D eigenvalue weighted by molar-refractivity contribution is -0.389. The molecule has 2 saturated heterocycles. The third-order valence-electron chi connectivity index (χ3n) is 6.37. The lowest BCUT2D eigenvalue weighted by Gasteiger charge is -2.40. The molecule has 2 amide bonds. The van der Waals surface area contributed by atoms with E-state index in [1.165, 1.54) is 25.1 Å². The fraction of sp³-hybridized carbons (Fsp3) is 0.714. The fourth-order valence-electron chi connectivity index (χ4n) is 4.29. The number of carbonyl (C=O) groups excluding carboxylic acids is 1. The second kappa shape index (κ2) is 10.1. The van der Waals surface area contributed by atoms with Gasteiger partial charge in [0.05, 0.1) is 5.69 Å². The van der Waals surface area contributed by atoms with Crippen LogP contribution >= 0.6 is 0 Å². The molecule has 9 heteroatoms. The summed E-state index contributed by atoms with van der Waals surface area (Å²) in [5, 5.41) is 13.9. The molecule has 0 aromatic carbocycles. The molecule has 0 bridgehead atoms. The Morgan fingerprint density at radius 2 is 1.87 bits per heavy atom. The Bertz CT molecular complexity index is 710. The van der Waals surface area contributed by atoms with E-state index in [2.05, 4.69) is 40.9 Å². The highest BCUT2D eigenvalue weighted by atomic mass is 16.6. The molecule has 0 spiro atoms. The predicted molar refractivity (Wildman–Crippen MR) is 117 cm³/mol. The SMILES string of the molecule is CC1CCN([C@H](CNC(=O)N2CCN(c3ccc([N+](=O)[O-])nc3)CC2)C(C)C)CC1. The number of urea groups is 1. The molecule has 1 aromatic rings. The summed E-state index contributed by atoms with van der Waals surface area (Å²) in [6, 6.07) is 3.50. The summed E-state index contributed by atoms with van der Waals surface area (Å²) in [6.07, 6.45) is 3.99. The highest BCUT2D eigenvalue weighted by Crippen LogP contribution is 2.21. The van der Waals surface area contributed by atoms with Crippen LogP contribution in [0.15, 0.2) is 18.3 Å². The number of hydrogen-bond acceptors (Lipinski definition) is 6. The van der Waals surface area contributed by atoms with Gasteiger partial charge in [0, 0.05) is 44.8 Å². The molecule has 2 fully saturated rings. The molecule has 3 heterocycles. The zero-order chi connectivity index (χ0) is 21.7. The van der Waals surface area contributed by atoms with Crippen LogP contribution < -0.4 is 10.2 Å². The highest BCUT2D eigenvalue weighted by molar-refractivity contribution is 5.74. The number of pyridine rings is 1. The van der Waals surface area contributed by atoms with Crippen LogP contribution in [0.25, 0.3) is 0 Å². The topological polar surface area (TPSA) is 94.9 Å². The third-order valence-corrected chi connectivity index (χ3v) is 6.37. The Labute approximate surface area is 178 Å². The van der Waals surface area contributed by atoms with E-state index in [1.54, 1.807) is 6.07 Å². The summed E-state index contributed by atoms with van der Waals surface area (Å²) < 4.78 is 0. The smallest absolute Gasteiger partial charge is 0.363 e. The van der Waals surface area contributed by atoms with Gasteiger partial charge in [0.2, 0.25) is 0 Å². The first-order chi connectivity index (χ1) is 14.3. The van der Waals surface area contributed by atoms with E-state index in [9.17, 15) is 14.9 Å². The van der Waals surface area contributed by atoms with E-state index >= 15 is 0 Å². The van der Waals surface area contributed by atoms with E-state index in [4.69, 9.17) is 0 Å². The normalized spacial score (nSPS) is 19.7. The molecule has 0 unspecified atom stereocenters. The largest absolute Gasteiger partial charge is 0.365 e. The van der Waals surface area contributed by atoms with Crippen LogP contribution in [-0.4, -0.2) is 77.6 Å². The van der Waals surface area contributed by atoms with Gasteiger partial charge in [-0.25, -0.2) is 4.79 Å². The molecule has 1 N–H and O–H groups in total. The van der Waals surface area contributed by atoms with Crippen LogP contribution in [0.1, 0.15) is 33.6 Å². The molecule has 166 valence electrons. The van der Waals surface area contributed by atoms with Crippen molar-refractivity contribution in [2.45, 2.75) is 39.7 Å². The zero-order valence-corrected chi connectivity index (χ0v) is 18.3. The molecule has 3 rings (SSSR count). The van der Waals surface area contributed by atoms with E-state index < -0.39 is 4.92 Å². The Morgan fingerprint density at radius 3 is 2.40 bits per heavy atom. The first kappa shape index (κ1) is 22.3. The van der Waals surface area contributed by atoms with Crippen molar-refractivity contribution in [2.24, 2.45) is 11.8 Å². The number of piperidine rings is 1. The summed E-state index contributed by atoms with van der Waals surface area (Å²) in [5.74, 6) is 1.13. The molecular formula is C21H34N6O3. The molecule has 1 atom stereocenters. The number of piperazine rings is 1. The van der Waals surface area contributed by atoms with Crippen LogP contribution in [0.2, 0.25) is 0 Å². The average Bonchev–Trinajstić information content (AvgIpc) is 2.75. The molecule has 2 aliphatic heterocycles. The van der Waals surface area contributed by atoms with Gasteiger partial charge in [0.25, 0.3) is 0 Å². The van der Waals surface area contributed by atoms with Gasteiger partial charge in [-0.15, -0.1) is 0 Å². The van der Waals surface area contributed by atoms with Gasteiger partial charge in [0.15, 0.2) is 6.20 Å². The maximum atomic E-state index is 12.7. The maximum absolute atomic E-state index is 12.7. The minimum atomic E-state index is -0.499. The quantitative estimate of drug-likeness (QED) is 0.564. The number of carbonyl (C=O) groups is 1.